The first-order valence-electron chi connectivity index (χ1n) is 9.23. The van der Waals surface area contributed by atoms with Gasteiger partial charge >= 0.3 is 0 Å². The van der Waals surface area contributed by atoms with Crippen LogP contribution < -0.4 is 5.32 Å². The maximum Gasteiger partial charge on any atom is -0.00155 e. The summed E-state index contributed by atoms with van der Waals surface area (Å²) in [6.07, 6.45) is 14.1. The van der Waals surface area contributed by atoms with Gasteiger partial charge in [-0.1, -0.05) is 86.0 Å². The second kappa shape index (κ2) is 12.7. The lowest BCUT2D eigenvalue weighted by Crippen LogP contribution is -2.32. The molecule has 20 heavy (non-hydrogen) atoms. The van der Waals surface area contributed by atoms with Crippen molar-refractivity contribution in [1.29, 1.82) is 0 Å². The number of hydrogen-bond acceptors (Lipinski definition) is 1. The van der Waals surface area contributed by atoms with Gasteiger partial charge in [-0.3, -0.25) is 0 Å². The van der Waals surface area contributed by atoms with Gasteiger partial charge in [0, 0.05) is 0 Å². The molecule has 1 heteroatoms. The van der Waals surface area contributed by atoms with Crippen molar-refractivity contribution < 1.29 is 0 Å². The number of nitrogens with one attached hydrogen (secondary N) is 1. The Morgan fingerprint density at radius 3 is 1.80 bits per heavy atom. The molecule has 0 aromatic heterocycles. The second-order valence-corrected chi connectivity index (χ2v) is 7.53. The third-order valence-corrected chi connectivity index (χ3v) is 4.45. The summed E-state index contributed by atoms with van der Waals surface area (Å²) in [6, 6.07) is 0. The fraction of sp³-hybridized carbons (Fsp3) is 1.00. The van der Waals surface area contributed by atoms with E-state index in [-0.39, 0.29) is 0 Å². The maximum atomic E-state index is 3.62. The first-order chi connectivity index (χ1) is 9.52. The highest BCUT2D eigenvalue weighted by molar-refractivity contribution is 4.76. The molecule has 0 aliphatic rings. The molecule has 0 radical (unpaired) electrons. The Labute approximate surface area is 129 Å². The van der Waals surface area contributed by atoms with Gasteiger partial charge < -0.3 is 5.32 Å². The number of rotatable bonds is 13. The normalized spacial score (nSPS) is 13.7. The van der Waals surface area contributed by atoms with Gasteiger partial charge in [0.05, 0.1) is 0 Å². The smallest absolute Gasteiger partial charge is 0.00155 e. The third kappa shape index (κ3) is 11.8. The summed E-state index contributed by atoms with van der Waals surface area (Å²) >= 11 is 0. The Hall–Kier alpha value is -0.0400. The Bertz CT molecular complexity index is 192. The van der Waals surface area contributed by atoms with E-state index in [0.29, 0.717) is 5.41 Å². The standard InChI is InChI=1S/C19H41N/c1-6-8-9-10-11-12-13-14-15-18(19(3,4)5)17-20-16-7-2/h18,20H,6-17H2,1-5H3. The van der Waals surface area contributed by atoms with E-state index in [1.807, 2.05) is 0 Å². The lowest BCUT2D eigenvalue weighted by molar-refractivity contribution is 0.213. The predicted octanol–water partition coefficient (Wildman–Crippen LogP) is 6.18. The molecule has 0 aliphatic carbocycles. The van der Waals surface area contributed by atoms with E-state index in [0.717, 1.165) is 5.92 Å². The van der Waals surface area contributed by atoms with Crippen LogP contribution in [-0.4, -0.2) is 13.1 Å². The van der Waals surface area contributed by atoms with Gasteiger partial charge in [0.2, 0.25) is 0 Å². The van der Waals surface area contributed by atoms with Crippen LogP contribution in [0.4, 0.5) is 0 Å². The Morgan fingerprint density at radius 2 is 1.30 bits per heavy atom. The minimum absolute atomic E-state index is 0.446. The number of unbranched alkanes of at least 4 members (excludes halogenated alkanes) is 7. The largest absolute Gasteiger partial charge is 0.316 e. The summed E-state index contributed by atoms with van der Waals surface area (Å²) in [5.41, 5.74) is 0.446. The molecule has 0 bridgehead atoms. The molecule has 0 rings (SSSR count). The monoisotopic (exact) mass is 283 g/mol. The molecule has 1 unspecified atom stereocenters. The predicted molar refractivity (Wildman–Crippen MR) is 93.3 cm³/mol. The van der Waals surface area contributed by atoms with Crippen LogP contribution in [0.3, 0.4) is 0 Å². The van der Waals surface area contributed by atoms with E-state index < -0.39 is 0 Å². The van der Waals surface area contributed by atoms with Crippen molar-refractivity contribution in [1.82, 2.24) is 5.32 Å². The Balaban J connectivity index is 3.64. The summed E-state index contributed by atoms with van der Waals surface area (Å²) in [5, 5.41) is 3.62. The minimum Gasteiger partial charge on any atom is -0.316 e. The van der Waals surface area contributed by atoms with E-state index >= 15 is 0 Å². The summed E-state index contributed by atoms with van der Waals surface area (Å²) in [7, 11) is 0. The molecular weight excluding hydrogens is 242 g/mol. The zero-order chi connectivity index (χ0) is 15.3. The topological polar surface area (TPSA) is 12.0 Å². The Kier molecular flexibility index (Phi) is 12.7. The molecule has 1 atom stereocenters. The number of hydrogen-bond donors (Lipinski definition) is 1. The summed E-state index contributed by atoms with van der Waals surface area (Å²) in [6.45, 7) is 14.1. The van der Waals surface area contributed by atoms with E-state index in [1.54, 1.807) is 0 Å². The van der Waals surface area contributed by atoms with Gasteiger partial charge in [-0.25, -0.2) is 0 Å². The highest BCUT2D eigenvalue weighted by atomic mass is 14.9. The van der Waals surface area contributed by atoms with E-state index in [2.05, 4.69) is 39.9 Å². The van der Waals surface area contributed by atoms with Crippen molar-refractivity contribution in [2.45, 2.75) is 98.8 Å². The van der Waals surface area contributed by atoms with Crippen LogP contribution in [0, 0.1) is 11.3 Å². The van der Waals surface area contributed by atoms with Crippen molar-refractivity contribution in [2.75, 3.05) is 13.1 Å². The molecule has 0 aromatic carbocycles. The first-order valence-corrected chi connectivity index (χ1v) is 9.23. The lowest BCUT2D eigenvalue weighted by atomic mass is 9.77. The van der Waals surface area contributed by atoms with Gasteiger partial charge in [0.1, 0.15) is 0 Å². The molecule has 0 saturated carbocycles. The average molecular weight is 284 g/mol. The molecule has 0 aliphatic heterocycles. The fourth-order valence-corrected chi connectivity index (χ4v) is 2.82. The van der Waals surface area contributed by atoms with Crippen molar-refractivity contribution in [3.8, 4) is 0 Å². The summed E-state index contributed by atoms with van der Waals surface area (Å²) in [5.74, 6) is 0.828. The molecule has 0 spiro atoms. The molecule has 0 saturated heterocycles. The van der Waals surface area contributed by atoms with Gasteiger partial charge in [0.15, 0.2) is 0 Å². The average Bonchev–Trinajstić information content (AvgIpc) is 2.38. The lowest BCUT2D eigenvalue weighted by Gasteiger charge is -2.31. The van der Waals surface area contributed by atoms with Gasteiger partial charge in [0.25, 0.3) is 0 Å². The molecule has 0 fully saturated rings. The quantitative estimate of drug-likeness (QED) is 0.398. The Morgan fingerprint density at radius 1 is 0.750 bits per heavy atom. The van der Waals surface area contributed by atoms with Crippen LogP contribution >= 0.6 is 0 Å². The molecule has 1 N–H and O–H groups in total. The van der Waals surface area contributed by atoms with E-state index in [9.17, 15) is 0 Å². The zero-order valence-electron chi connectivity index (χ0n) is 15.1. The molecule has 1 nitrogen and oxygen atoms in total. The van der Waals surface area contributed by atoms with Crippen LogP contribution in [0.5, 0.6) is 0 Å². The van der Waals surface area contributed by atoms with Crippen LogP contribution in [0.15, 0.2) is 0 Å². The molecular formula is C19H41N. The van der Waals surface area contributed by atoms with Crippen LogP contribution in [0.2, 0.25) is 0 Å². The third-order valence-electron chi connectivity index (χ3n) is 4.45. The highest BCUT2D eigenvalue weighted by Crippen LogP contribution is 2.30. The van der Waals surface area contributed by atoms with Gasteiger partial charge in [-0.15, -0.1) is 0 Å². The molecule has 0 amide bonds. The van der Waals surface area contributed by atoms with Crippen molar-refractivity contribution in [3.63, 3.8) is 0 Å². The molecule has 122 valence electrons. The summed E-state index contributed by atoms with van der Waals surface area (Å²) < 4.78 is 0. The fourth-order valence-electron chi connectivity index (χ4n) is 2.82. The van der Waals surface area contributed by atoms with Crippen molar-refractivity contribution in [2.24, 2.45) is 11.3 Å². The van der Waals surface area contributed by atoms with Crippen molar-refractivity contribution in [3.05, 3.63) is 0 Å². The summed E-state index contributed by atoms with van der Waals surface area (Å²) in [4.78, 5) is 0. The molecule has 0 aromatic rings. The van der Waals surface area contributed by atoms with Gasteiger partial charge in [-0.2, -0.15) is 0 Å². The second-order valence-electron chi connectivity index (χ2n) is 7.53. The van der Waals surface area contributed by atoms with E-state index in [4.69, 9.17) is 0 Å². The SMILES string of the molecule is CCCCCCCCCCC(CNCCC)C(C)(C)C. The van der Waals surface area contributed by atoms with Gasteiger partial charge in [-0.05, 0) is 37.3 Å². The molecule has 0 heterocycles. The van der Waals surface area contributed by atoms with E-state index in [1.165, 1.54) is 77.3 Å². The highest BCUT2D eigenvalue weighted by Gasteiger charge is 2.23. The van der Waals surface area contributed by atoms with Crippen LogP contribution in [-0.2, 0) is 0 Å². The minimum atomic E-state index is 0.446. The first kappa shape index (κ1) is 20.0. The van der Waals surface area contributed by atoms with Crippen molar-refractivity contribution >= 4 is 0 Å². The van der Waals surface area contributed by atoms with Crippen LogP contribution in [0.1, 0.15) is 98.8 Å². The maximum absolute atomic E-state index is 3.62. The zero-order valence-corrected chi connectivity index (χ0v) is 15.1. The van der Waals surface area contributed by atoms with Crippen LogP contribution in [0.25, 0.3) is 0 Å².